The first-order chi connectivity index (χ1) is 7.40. The van der Waals surface area contributed by atoms with Gasteiger partial charge in [-0.2, -0.15) is 0 Å². The molecule has 1 aliphatic carbocycles. The Bertz CT molecular complexity index is 300. The summed E-state index contributed by atoms with van der Waals surface area (Å²) < 4.78 is 5.17. The Labute approximate surface area is 92.5 Å². The zero-order valence-corrected chi connectivity index (χ0v) is 9.54. The van der Waals surface area contributed by atoms with E-state index in [1.54, 1.807) is 7.11 Å². The van der Waals surface area contributed by atoms with E-state index in [2.05, 4.69) is 24.3 Å². The van der Waals surface area contributed by atoms with Gasteiger partial charge >= 0.3 is 0 Å². The van der Waals surface area contributed by atoms with Crippen molar-refractivity contribution in [2.24, 2.45) is 0 Å². The molecule has 0 atom stereocenters. The van der Waals surface area contributed by atoms with Crippen LogP contribution in [0.3, 0.4) is 0 Å². The van der Waals surface area contributed by atoms with Crippen molar-refractivity contribution in [3.8, 4) is 0 Å². The van der Waals surface area contributed by atoms with E-state index in [9.17, 15) is 0 Å². The molecule has 0 radical (unpaired) electrons. The molecule has 15 heavy (non-hydrogen) atoms. The van der Waals surface area contributed by atoms with E-state index in [1.165, 1.54) is 43.2 Å². The van der Waals surface area contributed by atoms with Gasteiger partial charge in [0.2, 0.25) is 0 Å². The lowest BCUT2D eigenvalue weighted by atomic mass is 9.84. The van der Waals surface area contributed by atoms with Gasteiger partial charge in [0.25, 0.3) is 0 Å². The molecular formula is C14H20O. The fraction of sp³-hybridized carbons (Fsp3) is 0.571. The highest BCUT2D eigenvalue weighted by atomic mass is 16.5. The normalized spacial score (nSPS) is 17.9. The number of benzene rings is 1. The van der Waals surface area contributed by atoms with Crippen LogP contribution in [0.2, 0.25) is 0 Å². The van der Waals surface area contributed by atoms with Gasteiger partial charge in [-0.1, -0.05) is 43.5 Å². The molecule has 1 heteroatoms. The topological polar surface area (TPSA) is 9.23 Å². The molecule has 0 bridgehead atoms. The molecule has 0 aromatic heterocycles. The van der Waals surface area contributed by atoms with Crippen LogP contribution in [0.15, 0.2) is 24.3 Å². The highest BCUT2D eigenvalue weighted by Gasteiger charge is 2.15. The van der Waals surface area contributed by atoms with Crippen LogP contribution in [-0.2, 0) is 11.3 Å². The molecule has 0 unspecified atom stereocenters. The molecule has 0 amide bonds. The molecule has 1 aliphatic rings. The van der Waals surface area contributed by atoms with Crippen LogP contribution in [0.4, 0.5) is 0 Å². The molecule has 0 heterocycles. The van der Waals surface area contributed by atoms with E-state index in [0.29, 0.717) is 0 Å². The lowest BCUT2D eigenvalue weighted by Crippen LogP contribution is -2.04. The summed E-state index contributed by atoms with van der Waals surface area (Å²) in [6.07, 6.45) is 6.97. The van der Waals surface area contributed by atoms with Gasteiger partial charge in [-0.05, 0) is 29.9 Å². The second-order valence-corrected chi connectivity index (χ2v) is 4.51. The standard InChI is InChI=1S/C14H20O/c1-15-11-12-6-5-9-14(10-12)13-7-3-2-4-8-13/h5-6,9-10,13H,2-4,7-8,11H2,1H3. The second-order valence-electron chi connectivity index (χ2n) is 4.51. The SMILES string of the molecule is COCc1cccc(C2CCCCC2)c1. The minimum atomic E-state index is 0.737. The van der Waals surface area contributed by atoms with Gasteiger partial charge in [-0.3, -0.25) is 0 Å². The summed E-state index contributed by atoms with van der Waals surface area (Å²) in [5.74, 6) is 0.801. The maximum atomic E-state index is 5.17. The highest BCUT2D eigenvalue weighted by Crippen LogP contribution is 2.32. The van der Waals surface area contributed by atoms with Gasteiger partial charge in [-0.25, -0.2) is 0 Å². The fourth-order valence-electron chi connectivity index (χ4n) is 2.54. The van der Waals surface area contributed by atoms with Crippen LogP contribution < -0.4 is 0 Å². The maximum Gasteiger partial charge on any atom is 0.0713 e. The lowest BCUT2D eigenvalue weighted by Gasteiger charge is -2.22. The first kappa shape index (κ1) is 10.7. The van der Waals surface area contributed by atoms with E-state index >= 15 is 0 Å². The molecule has 0 aliphatic heterocycles. The Hall–Kier alpha value is -0.820. The van der Waals surface area contributed by atoms with Crippen LogP contribution in [0.25, 0.3) is 0 Å². The van der Waals surface area contributed by atoms with Crippen LogP contribution in [0.1, 0.15) is 49.1 Å². The van der Waals surface area contributed by atoms with E-state index in [4.69, 9.17) is 4.74 Å². The summed E-state index contributed by atoms with van der Waals surface area (Å²) in [6.45, 7) is 0.737. The Balaban J connectivity index is 2.09. The van der Waals surface area contributed by atoms with Crippen molar-refractivity contribution < 1.29 is 4.74 Å². The van der Waals surface area contributed by atoms with Crippen LogP contribution in [0.5, 0.6) is 0 Å². The molecule has 1 aromatic rings. The van der Waals surface area contributed by atoms with Crippen molar-refractivity contribution >= 4 is 0 Å². The van der Waals surface area contributed by atoms with E-state index in [1.807, 2.05) is 0 Å². The maximum absolute atomic E-state index is 5.17. The van der Waals surface area contributed by atoms with Gasteiger partial charge in [-0.15, -0.1) is 0 Å². The first-order valence-corrected chi connectivity index (χ1v) is 5.98. The van der Waals surface area contributed by atoms with Gasteiger partial charge in [0.05, 0.1) is 6.61 Å². The third-order valence-electron chi connectivity index (χ3n) is 3.34. The lowest BCUT2D eigenvalue weighted by molar-refractivity contribution is 0.185. The summed E-state index contributed by atoms with van der Waals surface area (Å²) in [5.41, 5.74) is 2.82. The molecule has 1 nitrogen and oxygen atoms in total. The predicted octanol–water partition coefficient (Wildman–Crippen LogP) is 3.88. The molecule has 1 aromatic carbocycles. The van der Waals surface area contributed by atoms with Crippen molar-refractivity contribution in [3.63, 3.8) is 0 Å². The summed E-state index contributed by atoms with van der Waals surface area (Å²) in [4.78, 5) is 0. The average molecular weight is 204 g/mol. The van der Waals surface area contributed by atoms with E-state index in [0.717, 1.165) is 12.5 Å². The fourth-order valence-corrected chi connectivity index (χ4v) is 2.54. The summed E-state index contributed by atoms with van der Waals surface area (Å²) in [7, 11) is 1.76. The first-order valence-electron chi connectivity index (χ1n) is 5.98. The average Bonchev–Trinajstić information content (AvgIpc) is 2.31. The monoisotopic (exact) mass is 204 g/mol. The Morgan fingerprint density at radius 1 is 1.20 bits per heavy atom. The number of hydrogen-bond acceptors (Lipinski definition) is 1. The number of methoxy groups -OCH3 is 1. The van der Waals surface area contributed by atoms with Crippen LogP contribution >= 0.6 is 0 Å². The molecule has 82 valence electrons. The number of rotatable bonds is 3. The second kappa shape index (κ2) is 5.32. The summed E-state index contributed by atoms with van der Waals surface area (Å²) >= 11 is 0. The molecule has 0 N–H and O–H groups in total. The van der Waals surface area contributed by atoms with Crippen molar-refractivity contribution in [2.45, 2.75) is 44.6 Å². The highest BCUT2D eigenvalue weighted by molar-refractivity contribution is 5.26. The molecule has 1 fully saturated rings. The molecular weight excluding hydrogens is 184 g/mol. The minimum absolute atomic E-state index is 0.737. The van der Waals surface area contributed by atoms with E-state index in [-0.39, 0.29) is 0 Å². The smallest absolute Gasteiger partial charge is 0.0713 e. The van der Waals surface area contributed by atoms with Crippen molar-refractivity contribution in [1.29, 1.82) is 0 Å². The predicted molar refractivity (Wildman–Crippen MR) is 63.0 cm³/mol. The Morgan fingerprint density at radius 3 is 2.73 bits per heavy atom. The summed E-state index contributed by atoms with van der Waals surface area (Å²) in [6, 6.07) is 8.91. The van der Waals surface area contributed by atoms with Gasteiger partial charge in [0.15, 0.2) is 0 Å². The molecule has 0 saturated heterocycles. The molecule has 0 spiro atoms. The van der Waals surface area contributed by atoms with Gasteiger partial charge in [0.1, 0.15) is 0 Å². The van der Waals surface area contributed by atoms with Crippen LogP contribution in [0, 0.1) is 0 Å². The van der Waals surface area contributed by atoms with Crippen molar-refractivity contribution in [2.75, 3.05) is 7.11 Å². The zero-order chi connectivity index (χ0) is 10.5. The third kappa shape index (κ3) is 2.82. The van der Waals surface area contributed by atoms with Crippen molar-refractivity contribution in [3.05, 3.63) is 35.4 Å². The Kier molecular flexibility index (Phi) is 3.79. The largest absolute Gasteiger partial charge is 0.380 e. The minimum Gasteiger partial charge on any atom is -0.380 e. The summed E-state index contributed by atoms with van der Waals surface area (Å²) in [5, 5.41) is 0. The van der Waals surface area contributed by atoms with E-state index < -0.39 is 0 Å². The quantitative estimate of drug-likeness (QED) is 0.726. The van der Waals surface area contributed by atoms with Crippen LogP contribution in [-0.4, -0.2) is 7.11 Å². The Morgan fingerprint density at radius 2 is 2.00 bits per heavy atom. The van der Waals surface area contributed by atoms with Crippen molar-refractivity contribution in [1.82, 2.24) is 0 Å². The molecule has 2 rings (SSSR count). The molecule has 1 saturated carbocycles. The van der Waals surface area contributed by atoms with Gasteiger partial charge in [0, 0.05) is 7.11 Å². The third-order valence-corrected chi connectivity index (χ3v) is 3.34. The zero-order valence-electron chi connectivity index (χ0n) is 9.54. The van der Waals surface area contributed by atoms with Gasteiger partial charge < -0.3 is 4.74 Å². The number of hydrogen-bond donors (Lipinski definition) is 0. The number of ether oxygens (including phenoxy) is 1.